The molecule has 1 fully saturated rings. The summed E-state index contributed by atoms with van der Waals surface area (Å²) in [4.78, 5) is 32.5. The van der Waals surface area contributed by atoms with Crippen LogP contribution in [0.5, 0.6) is 23.0 Å². The van der Waals surface area contributed by atoms with E-state index in [1.54, 1.807) is 37.3 Å². The van der Waals surface area contributed by atoms with Gasteiger partial charge in [0.25, 0.3) is 5.91 Å². The SMILES string of the molecule is COc1ccc(-c2ccc(N3CCCN(C(=O)CN(CC(C)C)C(=O)c4ccc5c(c4)OCO5)CC3)nn2)cc1OC. The Morgan fingerprint density at radius 1 is 0.905 bits per heavy atom. The zero-order chi connectivity index (χ0) is 29.6. The first-order chi connectivity index (χ1) is 20.4. The van der Waals surface area contributed by atoms with Gasteiger partial charge in [0.1, 0.15) is 6.54 Å². The molecule has 222 valence electrons. The molecule has 2 aliphatic rings. The molecule has 42 heavy (non-hydrogen) atoms. The molecule has 11 nitrogen and oxygen atoms in total. The Kier molecular flexibility index (Phi) is 8.94. The van der Waals surface area contributed by atoms with Crippen LogP contribution in [0, 0.1) is 5.92 Å². The van der Waals surface area contributed by atoms with Crippen molar-refractivity contribution in [1.82, 2.24) is 20.0 Å². The molecule has 2 amide bonds. The van der Waals surface area contributed by atoms with Gasteiger partial charge in [-0.05, 0) is 60.9 Å². The van der Waals surface area contributed by atoms with Crippen LogP contribution in [0.25, 0.3) is 11.3 Å². The van der Waals surface area contributed by atoms with E-state index in [2.05, 4.69) is 15.1 Å². The minimum absolute atomic E-state index is 0.0191. The molecule has 0 radical (unpaired) electrons. The fourth-order valence-electron chi connectivity index (χ4n) is 5.17. The molecule has 2 aromatic carbocycles. The summed E-state index contributed by atoms with van der Waals surface area (Å²) in [7, 11) is 3.20. The topological polar surface area (TPSA) is 107 Å². The molecule has 2 aliphatic heterocycles. The quantitative estimate of drug-likeness (QED) is 0.377. The second-order valence-electron chi connectivity index (χ2n) is 10.7. The van der Waals surface area contributed by atoms with Gasteiger partial charge in [-0.3, -0.25) is 9.59 Å². The summed E-state index contributed by atoms with van der Waals surface area (Å²) in [6, 6.07) is 14.7. The lowest BCUT2D eigenvalue weighted by atomic mass is 10.1. The predicted molar refractivity (Wildman–Crippen MR) is 157 cm³/mol. The molecule has 0 unspecified atom stereocenters. The van der Waals surface area contributed by atoms with Gasteiger partial charge in [0.05, 0.1) is 19.9 Å². The monoisotopic (exact) mass is 575 g/mol. The summed E-state index contributed by atoms with van der Waals surface area (Å²) in [6.45, 7) is 7.21. The molecule has 3 heterocycles. The van der Waals surface area contributed by atoms with Crippen LogP contribution in [0.15, 0.2) is 48.5 Å². The Labute approximate surface area is 245 Å². The van der Waals surface area contributed by atoms with Gasteiger partial charge >= 0.3 is 0 Å². The minimum atomic E-state index is -0.198. The van der Waals surface area contributed by atoms with Crippen LogP contribution in [-0.4, -0.2) is 92.1 Å². The van der Waals surface area contributed by atoms with E-state index in [1.165, 1.54) is 0 Å². The van der Waals surface area contributed by atoms with Crippen molar-refractivity contribution in [3.05, 3.63) is 54.1 Å². The zero-order valence-corrected chi connectivity index (χ0v) is 24.5. The van der Waals surface area contributed by atoms with Crippen LogP contribution in [-0.2, 0) is 4.79 Å². The largest absolute Gasteiger partial charge is 0.493 e. The van der Waals surface area contributed by atoms with Crippen LogP contribution in [0.4, 0.5) is 5.82 Å². The molecule has 1 aromatic heterocycles. The number of fused-ring (bicyclic) bond motifs is 1. The number of hydrogen-bond acceptors (Lipinski definition) is 9. The van der Waals surface area contributed by atoms with Gasteiger partial charge in [-0.2, -0.15) is 0 Å². The molecular formula is C31H37N5O6. The van der Waals surface area contributed by atoms with Gasteiger partial charge in [-0.1, -0.05) is 13.8 Å². The Balaban J connectivity index is 1.21. The Bertz CT molecular complexity index is 1410. The fraction of sp³-hybridized carbons (Fsp3) is 0.419. The average Bonchev–Trinajstić information content (AvgIpc) is 3.34. The van der Waals surface area contributed by atoms with Crippen molar-refractivity contribution >= 4 is 17.6 Å². The molecule has 0 saturated carbocycles. The first kappa shape index (κ1) is 29.0. The number of hydrogen-bond donors (Lipinski definition) is 0. The first-order valence-electron chi connectivity index (χ1n) is 14.1. The molecular weight excluding hydrogens is 538 g/mol. The highest BCUT2D eigenvalue weighted by Gasteiger charge is 2.26. The van der Waals surface area contributed by atoms with Crippen molar-refractivity contribution in [3.63, 3.8) is 0 Å². The average molecular weight is 576 g/mol. The second kappa shape index (κ2) is 13.0. The molecule has 0 atom stereocenters. The third-order valence-corrected chi connectivity index (χ3v) is 7.32. The van der Waals surface area contributed by atoms with Crippen molar-refractivity contribution in [1.29, 1.82) is 0 Å². The fourth-order valence-corrected chi connectivity index (χ4v) is 5.17. The smallest absolute Gasteiger partial charge is 0.254 e. The highest BCUT2D eigenvalue weighted by molar-refractivity contribution is 5.97. The number of nitrogens with zero attached hydrogens (tertiary/aromatic N) is 5. The van der Waals surface area contributed by atoms with Gasteiger partial charge in [0, 0.05) is 43.9 Å². The highest BCUT2D eigenvalue weighted by Crippen LogP contribution is 2.33. The third-order valence-electron chi connectivity index (χ3n) is 7.32. The number of anilines is 1. The second-order valence-corrected chi connectivity index (χ2v) is 10.7. The highest BCUT2D eigenvalue weighted by atomic mass is 16.7. The number of benzene rings is 2. The van der Waals surface area contributed by atoms with Crippen LogP contribution in [0.3, 0.4) is 0 Å². The molecule has 11 heteroatoms. The number of rotatable bonds is 9. The van der Waals surface area contributed by atoms with Crippen molar-refractivity contribution in [2.75, 3.05) is 65.2 Å². The van der Waals surface area contributed by atoms with E-state index < -0.39 is 0 Å². The number of amides is 2. The number of carbonyl (C=O) groups excluding carboxylic acids is 2. The van der Waals surface area contributed by atoms with E-state index in [0.29, 0.717) is 54.7 Å². The summed E-state index contributed by atoms with van der Waals surface area (Å²) >= 11 is 0. The normalized spacial score (nSPS) is 14.5. The van der Waals surface area contributed by atoms with Crippen LogP contribution >= 0.6 is 0 Å². The molecule has 0 N–H and O–H groups in total. The van der Waals surface area contributed by atoms with Crippen molar-refractivity contribution in [2.45, 2.75) is 20.3 Å². The Hall–Kier alpha value is -4.54. The van der Waals surface area contributed by atoms with E-state index in [1.807, 2.05) is 49.1 Å². The zero-order valence-electron chi connectivity index (χ0n) is 24.5. The lowest BCUT2D eigenvalue weighted by Gasteiger charge is -2.28. The van der Waals surface area contributed by atoms with Crippen molar-refractivity contribution < 1.29 is 28.5 Å². The summed E-state index contributed by atoms with van der Waals surface area (Å²) in [5.74, 6) is 3.14. The molecule has 1 saturated heterocycles. The summed E-state index contributed by atoms with van der Waals surface area (Å²) < 4.78 is 21.5. The van der Waals surface area contributed by atoms with Crippen LogP contribution in [0.1, 0.15) is 30.6 Å². The predicted octanol–water partition coefficient (Wildman–Crippen LogP) is 3.73. The third kappa shape index (κ3) is 6.50. The van der Waals surface area contributed by atoms with Gasteiger partial charge < -0.3 is 33.6 Å². The minimum Gasteiger partial charge on any atom is -0.493 e. The summed E-state index contributed by atoms with van der Waals surface area (Å²) in [5, 5.41) is 8.93. The molecule has 0 bridgehead atoms. The summed E-state index contributed by atoms with van der Waals surface area (Å²) in [5.41, 5.74) is 2.08. The van der Waals surface area contributed by atoms with Gasteiger partial charge in [0.2, 0.25) is 12.7 Å². The lowest BCUT2D eigenvalue weighted by Crippen LogP contribution is -2.45. The molecule has 0 spiro atoms. The Morgan fingerprint density at radius 3 is 2.45 bits per heavy atom. The maximum atomic E-state index is 13.4. The van der Waals surface area contributed by atoms with E-state index >= 15 is 0 Å². The first-order valence-corrected chi connectivity index (χ1v) is 14.1. The van der Waals surface area contributed by atoms with Crippen LogP contribution < -0.4 is 23.8 Å². The van der Waals surface area contributed by atoms with Crippen molar-refractivity contribution in [3.8, 4) is 34.3 Å². The Morgan fingerprint density at radius 2 is 1.71 bits per heavy atom. The molecule has 0 aliphatic carbocycles. The van der Waals surface area contributed by atoms with E-state index in [-0.39, 0.29) is 31.1 Å². The van der Waals surface area contributed by atoms with Crippen LogP contribution in [0.2, 0.25) is 0 Å². The number of carbonyl (C=O) groups is 2. The van der Waals surface area contributed by atoms with Crippen molar-refractivity contribution in [2.24, 2.45) is 5.92 Å². The maximum absolute atomic E-state index is 13.4. The number of aromatic nitrogens is 2. The molecule has 3 aromatic rings. The van der Waals surface area contributed by atoms with E-state index in [0.717, 1.165) is 30.0 Å². The van der Waals surface area contributed by atoms with E-state index in [4.69, 9.17) is 18.9 Å². The molecule has 5 rings (SSSR count). The number of methoxy groups -OCH3 is 2. The summed E-state index contributed by atoms with van der Waals surface area (Å²) in [6.07, 6.45) is 0.783. The maximum Gasteiger partial charge on any atom is 0.254 e. The lowest BCUT2D eigenvalue weighted by molar-refractivity contribution is -0.131. The van der Waals surface area contributed by atoms with Gasteiger partial charge in [0.15, 0.2) is 28.8 Å². The standard InChI is InChI=1S/C31H37N5O6/c1-21(2)18-36(31(38)23-7-10-26-28(17-23)42-20-41-26)19-30(37)35-13-5-12-34(14-15-35)29-11-8-24(32-33-29)22-6-9-25(39-3)27(16-22)40-4/h6-11,16-17,21H,5,12-15,18-20H2,1-4H3. The van der Waals surface area contributed by atoms with Gasteiger partial charge in [-0.15, -0.1) is 10.2 Å². The van der Waals surface area contributed by atoms with Gasteiger partial charge in [-0.25, -0.2) is 0 Å². The van der Waals surface area contributed by atoms with E-state index in [9.17, 15) is 9.59 Å². The number of ether oxygens (including phenoxy) is 4.